The molecule has 37 nitrogen and oxygen atoms in total. The SMILES string of the molecule is CC(=O)N[C@H](CC(C)C)C(=O)N[C@@H](Cc1ccc(OCc2ccccc2)cc1)C(=O)N[C@@H](CC(=O)OC(C)(C)C)C(=O)NCCOCCN=[N+]=[N-].CC(=O)OC(C)=O.CC(C)(C)CC(=O)C[C@@H]1NC(=O)OC1=O.CC(C)C[C@H]1NC(=O)OC1=O.O=C1N[C@@H](Cc2ccc(OCc3ccccc3)cc2)C(=O)O1.[Cl-].[N-]=[N+]=NCCOCC[NH3+]. The Bertz CT molecular complexity index is 3900. The number of nitrogens with zero attached hydrogens (tertiary/aromatic N) is 6. The molecule has 0 radical (unpaired) electrons. The summed E-state index contributed by atoms with van der Waals surface area (Å²) >= 11 is 0. The van der Waals surface area contributed by atoms with Crippen molar-refractivity contribution in [3.05, 3.63) is 152 Å². The van der Waals surface area contributed by atoms with Crippen LogP contribution in [0.15, 0.2) is 119 Å². The molecule has 3 fully saturated rings. The van der Waals surface area contributed by atoms with E-state index in [0.717, 1.165) is 29.0 Å². The van der Waals surface area contributed by atoms with E-state index in [1.165, 1.54) is 20.8 Å². The zero-order chi connectivity index (χ0) is 86.1. The predicted octanol–water partition coefficient (Wildman–Crippen LogP) is 4.29. The number of benzene rings is 4. The summed E-state index contributed by atoms with van der Waals surface area (Å²) in [4.78, 5) is 167. The first kappa shape index (κ1) is 102. The number of quaternary nitrogens is 1. The number of hydrogen-bond donors (Lipinski definition) is 8. The number of hydrogen-bond acceptors (Lipinski definition) is 25. The number of alkyl carbamates (subject to hydrolysis) is 3. The Morgan fingerprint density at radius 1 is 0.543 bits per heavy atom. The van der Waals surface area contributed by atoms with Gasteiger partial charge in [-0.25, -0.2) is 28.8 Å². The molecular formula is C78H109ClN14O23. The highest BCUT2D eigenvalue weighted by Crippen LogP contribution is 2.22. The van der Waals surface area contributed by atoms with Gasteiger partial charge >= 0.3 is 54.1 Å². The smallest absolute Gasteiger partial charge is 0.415 e. The molecule has 4 aromatic carbocycles. The monoisotopic (exact) mass is 1640 g/mol. The normalized spacial score (nSPS) is 14.9. The van der Waals surface area contributed by atoms with E-state index in [1.807, 2.05) is 133 Å². The maximum atomic E-state index is 13.9. The number of ketones is 1. The fourth-order valence-corrected chi connectivity index (χ4v) is 10.0. The second-order valence-electron chi connectivity index (χ2n) is 28.7. The molecule has 0 unspecified atom stereocenters. The standard InChI is InChI=1S/C36H51N7O8.C17H15NO4.C10H15NO4.C7H11NO3.C4H10N4O.C4H6O3.ClH/c1-24(2)20-29(40-25(3)44)34(47)41-30(21-26-12-14-28(15-13-26)50-23-27-10-8-7-9-11-27)35(48)42-31(22-32(45)51-36(4,5)6)33(46)38-16-18-49-19-17-39-43-37;19-16-15(18-17(20)22-16)10-12-6-8-14(9-7-12)21-11-13-4-2-1-3-5-13;1-10(2,3)5-6(12)4-7-8(13)15-9(14)11-7;1-4(2)3-5-6(9)11-7(10)8-5;5-1-3-9-4-2-7-8-6;1-3(5)7-4(2)6;/h7-15,24,29-31H,16-23H2,1-6H3,(H,38,46)(H,40,44)(H,41,47)(H,42,48);1-9,15H,10-11H2,(H,18,20);7H,4-5H2,1-3H3,(H,11,14);4-5H,3H2,1-2H3,(H,8,10);1-5H2;1-2H3;1H/t29-,30+,31+;15-;7-;5-;;;/m1001.../s1. The van der Waals surface area contributed by atoms with Crippen molar-refractivity contribution in [3.8, 4) is 11.5 Å². The van der Waals surface area contributed by atoms with Gasteiger partial charge in [-0.2, -0.15) is 0 Å². The lowest BCUT2D eigenvalue weighted by Crippen LogP contribution is -3.00. The van der Waals surface area contributed by atoms with Gasteiger partial charge in [0.05, 0.1) is 39.4 Å². The number of nitrogens with one attached hydrogen (secondary N) is 7. The summed E-state index contributed by atoms with van der Waals surface area (Å²) in [5.74, 6) is -4.14. The summed E-state index contributed by atoms with van der Waals surface area (Å²) in [6.45, 7) is 25.9. The molecule has 3 aliphatic heterocycles. The molecule has 6 atom stereocenters. The first-order valence-electron chi connectivity index (χ1n) is 36.9. The van der Waals surface area contributed by atoms with Gasteiger partial charge in [0.25, 0.3) is 0 Å². The molecule has 3 aliphatic rings. The lowest BCUT2D eigenvalue weighted by Gasteiger charge is -2.26. The van der Waals surface area contributed by atoms with Crippen LogP contribution in [0.5, 0.6) is 11.5 Å². The van der Waals surface area contributed by atoms with Crippen molar-refractivity contribution in [2.24, 2.45) is 27.5 Å². The Labute approximate surface area is 679 Å². The largest absolute Gasteiger partial charge is 1.00 e. The van der Waals surface area contributed by atoms with Gasteiger partial charge in [-0.15, -0.1) is 0 Å². The van der Waals surface area contributed by atoms with Crippen molar-refractivity contribution in [1.82, 2.24) is 37.2 Å². The number of carbonyl (C=O) groups excluding carboxylic acids is 14. The number of amides is 7. The molecule has 116 heavy (non-hydrogen) atoms. The zero-order valence-electron chi connectivity index (χ0n) is 67.7. The van der Waals surface area contributed by atoms with E-state index in [2.05, 4.69) is 82.0 Å². The average molecular weight is 1650 g/mol. The molecule has 38 heteroatoms. The zero-order valence-corrected chi connectivity index (χ0v) is 68.4. The van der Waals surface area contributed by atoms with Gasteiger partial charge in [0.2, 0.25) is 23.6 Å². The second kappa shape index (κ2) is 55.7. The van der Waals surface area contributed by atoms with Crippen molar-refractivity contribution in [1.29, 1.82) is 0 Å². The maximum Gasteiger partial charge on any atom is 0.415 e. The quantitative estimate of drug-likeness (QED) is 0.00599. The minimum atomic E-state index is -1.36. The van der Waals surface area contributed by atoms with E-state index in [9.17, 15) is 67.1 Å². The number of cyclic esters (lactones) is 6. The molecule has 636 valence electrons. The summed E-state index contributed by atoms with van der Waals surface area (Å²) in [7, 11) is 0. The third-order valence-corrected chi connectivity index (χ3v) is 14.8. The maximum absolute atomic E-state index is 13.9. The highest BCUT2D eigenvalue weighted by atomic mass is 35.5. The van der Waals surface area contributed by atoms with Gasteiger partial charge in [-0.3, -0.25) is 38.4 Å². The summed E-state index contributed by atoms with van der Waals surface area (Å²) in [5.41, 5.74) is 22.5. The Kier molecular flexibility index (Phi) is 49.1. The third kappa shape index (κ3) is 48.3. The predicted molar refractivity (Wildman–Crippen MR) is 414 cm³/mol. The van der Waals surface area contributed by atoms with Crippen molar-refractivity contribution in [2.75, 3.05) is 52.6 Å². The molecule has 0 aromatic heterocycles. The van der Waals surface area contributed by atoms with E-state index < -0.39 is 126 Å². The third-order valence-electron chi connectivity index (χ3n) is 14.8. The van der Waals surface area contributed by atoms with Crippen molar-refractivity contribution in [3.63, 3.8) is 0 Å². The fraction of sp³-hybridized carbons (Fsp3) is 0.513. The van der Waals surface area contributed by atoms with Gasteiger partial charge in [0, 0.05) is 75.9 Å². The van der Waals surface area contributed by atoms with Crippen LogP contribution in [0.4, 0.5) is 14.4 Å². The van der Waals surface area contributed by atoms with Crippen molar-refractivity contribution < 1.29 is 128 Å². The van der Waals surface area contributed by atoms with Gasteiger partial charge in [0.15, 0.2) is 0 Å². The molecular weight excluding hydrogens is 1540 g/mol. The summed E-state index contributed by atoms with van der Waals surface area (Å²) < 4.78 is 44.2. The van der Waals surface area contributed by atoms with E-state index in [1.54, 1.807) is 45.0 Å². The first-order chi connectivity index (χ1) is 54.3. The van der Waals surface area contributed by atoms with Crippen LogP contribution in [0.3, 0.4) is 0 Å². The van der Waals surface area contributed by atoms with E-state index in [-0.39, 0.29) is 68.7 Å². The number of ether oxygens (including phenoxy) is 9. The molecule has 3 saturated heterocycles. The Morgan fingerprint density at radius 3 is 1.40 bits per heavy atom. The molecule has 4 aromatic rings. The first-order valence-corrected chi connectivity index (χ1v) is 36.9. The van der Waals surface area contributed by atoms with Crippen molar-refractivity contribution >= 4 is 83.5 Å². The Morgan fingerprint density at radius 2 is 0.991 bits per heavy atom. The molecule has 10 N–H and O–H groups in total. The summed E-state index contributed by atoms with van der Waals surface area (Å²) in [6.07, 6.45) is -0.773. The number of carbonyl (C=O) groups is 14. The number of halogens is 1. The molecule has 0 spiro atoms. The molecule has 7 rings (SSSR count). The molecule has 3 heterocycles. The summed E-state index contributed by atoms with van der Waals surface area (Å²) in [6, 6.07) is 28.7. The van der Waals surface area contributed by atoms with Crippen LogP contribution in [-0.4, -0.2) is 178 Å². The highest BCUT2D eigenvalue weighted by Gasteiger charge is 2.37. The van der Waals surface area contributed by atoms with Gasteiger partial charge in [0.1, 0.15) is 72.3 Å². The van der Waals surface area contributed by atoms with E-state index in [4.69, 9.17) is 34.7 Å². The fourth-order valence-electron chi connectivity index (χ4n) is 10.0. The number of rotatable bonds is 36. The van der Waals surface area contributed by atoms with Crippen molar-refractivity contribution in [2.45, 2.75) is 190 Å². The number of esters is 6. The van der Waals surface area contributed by atoms with Crippen LogP contribution >= 0.6 is 0 Å². The van der Waals surface area contributed by atoms with Crippen LogP contribution in [0.25, 0.3) is 20.9 Å². The van der Waals surface area contributed by atoms with Crippen LogP contribution in [-0.2, 0) is 112 Å². The number of azide groups is 2. The van der Waals surface area contributed by atoms with Gasteiger partial charge in [-0.1, -0.05) is 144 Å². The second-order valence-corrected chi connectivity index (χ2v) is 28.7. The lowest BCUT2D eigenvalue weighted by molar-refractivity contribution is -0.374. The molecule has 0 aliphatic carbocycles. The minimum absolute atomic E-state index is 0. The van der Waals surface area contributed by atoms with E-state index in [0.29, 0.717) is 75.9 Å². The summed E-state index contributed by atoms with van der Waals surface area (Å²) in [5, 5.41) is 24.5. The van der Waals surface area contributed by atoms with Crippen LogP contribution in [0, 0.1) is 17.3 Å². The van der Waals surface area contributed by atoms with Gasteiger partial charge in [-0.05, 0) is 108 Å². The van der Waals surface area contributed by atoms with Crippen LogP contribution < -0.4 is 64.8 Å². The Hall–Kier alpha value is -11.8. The Balaban J connectivity index is 0.000000834. The van der Waals surface area contributed by atoms with E-state index >= 15 is 0 Å². The topological polar surface area (TPSA) is 531 Å². The lowest BCUT2D eigenvalue weighted by atomic mass is 9.88. The molecule has 7 amide bonds. The molecule has 0 bridgehead atoms. The molecule has 0 saturated carbocycles. The van der Waals surface area contributed by atoms with Crippen LogP contribution in [0.1, 0.15) is 144 Å². The highest BCUT2D eigenvalue weighted by molar-refractivity contribution is 5.99. The minimum Gasteiger partial charge on any atom is -1.00 e. The number of Topliss-reactive ketones (excluding diaryl/α,β-unsaturated/α-hetero) is 1. The average Bonchev–Trinajstić information content (AvgIpc) is 1.13. The van der Waals surface area contributed by atoms with Crippen LogP contribution in [0.2, 0.25) is 0 Å². The van der Waals surface area contributed by atoms with Gasteiger partial charge < -0.3 is 98.0 Å².